The molecule has 3 rings (SSSR count). The average Bonchev–Trinajstić information content (AvgIpc) is 2.63. The molecule has 2 aromatic heterocycles. The molecule has 0 radical (unpaired) electrons. The summed E-state index contributed by atoms with van der Waals surface area (Å²) in [4.78, 5) is 19.5. The third kappa shape index (κ3) is 3.47. The molecule has 0 saturated heterocycles. The fourth-order valence-electron chi connectivity index (χ4n) is 2.65. The largest absolute Gasteiger partial charge is 0.467 e. The van der Waals surface area contributed by atoms with Crippen molar-refractivity contribution in [2.45, 2.75) is 19.3 Å². The van der Waals surface area contributed by atoms with Crippen molar-refractivity contribution in [2.75, 3.05) is 12.8 Å². The number of aromatic nitrogens is 4. The molecule has 0 fully saturated rings. The zero-order valence-corrected chi connectivity index (χ0v) is 13.8. The molecule has 1 aromatic carbocycles. The van der Waals surface area contributed by atoms with Crippen LogP contribution >= 0.6 is 0 Å². The minimum atomic E-state index is -0.684. The number of aryl methyl sites for hydroxylation is 2. The number of methoxy groups -OCH3 is 1. The van der Waals surface area contributed by atoms with Gasteiger partial charge in [0.05, 0.1) is 18.3 Å². The molecule has 128 valence electrons. The van der Waals surface area contributed by atoms with Crippen molar-refractivity contribution in [2.24, 2.45) is 5.73 Å². The topological polar surface area (TPSA) is 130 Å². The normalized spacial score (nSPS) is 10.8. The molecule has 3 aromatic rings. The molecule has 0 unspecified atom stereocenters. The van der Waals surface area contributed by atoms with Crippen LogP contribution in [0.5, 0.6) is 6.01 Å². The molecule has 0 aliphatic rings. The first-order chi connectivity index (χ1) is 12.1. The summed E-state index contributed by atoms with van der Waals surface area (Å²) >= 11 is 0. The summed E-state index contributed by atoms with van der Waals surface area (Å²) in [5.74, 6) is -0.684. The third-order valence-corrected chi connectivity index (χ3v) is 3.92. The lowest BCUT2D eigenvalue weighted by Crippen LogP contribution is -2.17. The van der Waals surface area contributed by atoms with Crippen LogP contribution in [0.25, 0.3) is 10.9 Å². The predicted octanol–water partition coefficient (Wildman–Crippen LogP) is 1.28. The Hall–Kier alpha value is -3.29. The van der Waals surface area contributed by atoms with Gasteiger partial charge in [0, 0.05) is 17.8 Å². The molecule has 2 heterocycles. The number of nitrogens with zero attached hydrogens (tertiary/aromatic N) is 4. The van der Waals surface area contributed by atoms with E-state index in [1.54, 1.807) is 12.4 Å². The second kappa shape index (κ2) is 7.08. The van der Waals surface area contributed by atoms with E-state index in [0.29, 0.717) is 16.9 Å². The van der Waals surface area contributed by atoms with Gasteiger partial charge >= 0.3 is 6.01 Å². The van der Waals surface area contributed by atoms with Crippen molar-refractivity contribution in [3.63, 3.8) is 0 Å². The zero-order valence-electron chi connectivity index (χ0n) is 13.8. The first kappa shape index (κ1) is 16.6. The Bertz CT molecular complexity index is 911. The van der Waals surface area contributed by atoms with Gasteiger partial charge in [-0.1, -0.05) is 18.2 Å². The van der Waals surface area contributed by atoms with Crippen LogP contribution in [0.3, 0.4) is 0 Å². The fourth-order valence-corrected chi connectivity index (χ4v) is 2.65. The Morgan fingerprint density at radius 3 is 2.60 bits per heavy atom. The van der Waals surface area contributed by atoms with Gasteiger partial charge in [-0.25, -0.2) is 9.97 Å². The highest BCUT2D eigenvalue weighted by atomic mass is 16.5. The van der Waals surface area contributed by atoms with Gasteiger partial charge in [-0.2, -0.15) is 0 Å². The molecular formula is C17H18N6O2. The summed E-state index contributed by atoms with van der Waals surface area (Å²) in [6.07, 6.45) is 6.00. The highest BCUT2D eigenvalue weighted by Gasteiger charge is 2.14. The van der Waals surface area contributed by atoms with E-state index in [4.69, 9.17) is 16.2 Å². The second-order valence-electron chi connectivity index (χ2n) is 5.57. The number of fused-ring (bicyclic) bond motifs is 1. The Morgan fingerprint density at radius 2 is 1.92 bits per heavy atom. The zero-order chi connectivity index (χ0) is 17.8. The molecule has 0 saturated carbocycles. The fraction of sp³-hybridized carbons (Fsp3) is 0.235. The minimum absolute atomic E-state index is 0.0000293. The molecule has 0 bridgehead atoms. The lowest BCUT2D eigenvalue weighted by atomic mass is 10.0. The van der Waals surface area contributed by atoms with Crippen LogP contribution in [0, 0.1) is 0 Å². The molecule has 0 aliphatic carbocycles. The second-order valence-corrected chi connectivity index (χ2v) is 5.57. The lowest BCUT2D eigenvalue weighted by Gasteiger charge is -2.09. The Morgan fingerprint density at radius 1 is 1.16 bits per heavy atom. The monoisotopic (exact) mass is 338 g/mol. The predicted molar refractivity (Wildman–Crippen MR) is 93.1 cm³/mol. The number of amides is 1. The van der Waals surface area contributed by atoms with Gasteiger partial charge in [0.25, 0.3) is 5.91 Å². The van der Waals surface area contributed by atoms with Crippen molar-refractivity contribution < 1.29 is 9.53 Å². The molecule has 0 aliphatic heterocycles. The van der Waals surface area contributed by atoms with Crippen molar-refractivity contribution in [1.29, 1.82) is 0 Å². The first-order valence-electron chi connectivity index (χ1n) is 7.78. The number of primary amides is 1. The number of anilines is 1. The molecule has 0 atom stereocenters. The van der Waals surface area contributed by atoms with Crippen LogP contribution in [0.1, 0.15) is 28.0 Å². The van der Waals surface area contributed by atoms with Crippen LogP contribution in [0.4, 0.5) is 5.69 Å². The van der Waals surface area contributed by atoms with Gasteiger partial charge in [-0.05, 0) is 30.4 Å². The van der Waals surface area contributed by atoms with Crippen LogP contribution in [-0.4, -0.2) is 33.2 Å². The van der Waals surface area contributed by atoms with E-state index in [1.165, 1.54) is 7.11 Å². The van der Waals surface area contributed by atoms with E-state index in [2.05, 4.69) is 20.2 Å². The summed E-state index contributed by atoms with van der Waals surface area (Å²) in [5.41, 5.74) is 14.3. The SMILES string of the molecule is COc1ncc(CCCc2cccc3c(N)c(C(N)=O)nnc23)cn1. The maximum atomic E-state index is 11.3. The number of benzene rings is 1. The lowest BCUT2D eigenvalue weighted by molar-refractivity contribution is 0.0996. The van der Waals surface area contributed by atoms with E-state index in [9.17, 15) is 4.79 Å². The van der Waals surface area contributed by atoms with Crippen molar-refractivity contribution >= 4 is 22.5 Å². The molecule has 8 nitrogen and oxygen atoms in total. The van der Waals surface area contributed by atoms with Crippen molar-refractivity contribution in [3.05, 3.63) is 47.4 Å². The van der Waals surface area contributed by atoms with Crippen LogP contribution in [0.2, 0.25) is 0 Å². The number of ether oxygens (including phenoxy) is 1. The number of hydrogen-bond acceptors (Lipinski definition) is 7. The van der Waals surface area contributed by atoms with Crippen LogP contribution in [0.15, 0.2) is 30.6 Å². The standard InChI is InChI=1S/C17H18N6O2/c1-25-17-20-8-10(9-21-17)4-2-5-11-6-3-7-12-13(18)15(16(19)24)23-22-14(11)12/h3,6-9H,2,4-5H2,1H3,(H2,18,22)(H2,19,24). The highest BCUT2D eigenvalue weighted by Crippen LogP contribution is 2.24. The van der Waals surface area contributed by atoms with Crippen molar-refractivity contribution in [3.8, 4) is 6.01 Å². The number of nitrogen functional groups attached to an aromatic ring is 1. The summed E-state index contributed by atoms with van der Waals surface area (Å²) in [6.45, 7) is 0. The number of carbonyl (C=O) groups excluding carboxylic acids is 1. The van der Waals surface area contributed by atoms with Gasteiger partial charge in [0.2, 0.25) is 0 Å². The number of hydrogen-bond donors (Lipinski definition) is 2. The summed E-state index contributed by atoms with van der Waals surface area (Å²) in [6, 6.07) is 6.03. The van der Waals surface area contributed by atoms with Crippen LogP contribution in [-0.2, 0) is 12.8 Å². The summed E-state index contributed by atoms with van der Waals surface area (Å²) in [5, 5.41) is 8.70. The minimum Gasteiger partial charge on any atom is -0.467 e. The van der Waals surface area contributed by atoms with Crippen LogP contribution < -0.4 is 16.2 Å². The maximum absolute atomic E-state index is 11.3. The number of rotatable bonds is 6. The smallest absolute Gasteiger partial charge is 0.316 e. The van der Waals surface area contributed by atoms with Gasteiger partial charge in [0.1, 0.15) is 0 Å². The quantitative estimate of drug-likeness (QED) is 0.692. The molecular weight excluding hydrogens is 320 g/mol. The maximum Gasteiger partial charge on any atom is 0.316 e. The number of carbonyl (C=O) groups is 1. The van der Waals surface area contributed by atoms with Gasteiger partial charge in [-0.15, -0.1) is 10.2 Å². The van der Waals surface area contributed by atoms with E-state index < -0.39 is 5.91 Å². The van der Waals surface area contributed by atoms with Gasteiger partial charge < -0.3 is 16.2 Å². The van der Waals surface area contributed by atoms with E-state index in [0.717, 1.165) is 30.4 Å². The van der Waals surface area contributed by atoms with Gasteiger partial charge in [0.15, 0.2) is 5.69 Å². The summed E-state index contributed by atoms with van der Waals surface area (Å²) in [7, 11) is 1.53. The average molecular weight is 338 g/mol. The van der Waals surface area contributed by atoms with E-state index >= 15 is 0 Å². The molecule has 4 N–H and O–H groups in total. The Labute approximate surface area is 144 Å². The number of nitrogens with two attached hydrogens (primary N) is 2. The molecule has 8 heteroatoms. The summed E-state index contributed by atoms with van der Waals surface area (Å²) < 4.78 is 4.95. The molecule has 25 heavy (non-hydrogen) atoms. The van der Waals surface area contributed by atoms with Gasteiger partial charge in [-0.3, -0.25) is 4.79 Å². The Kier molecular flexibility index (Phi) is 4.69. The van der Waals surface area contributed by atoms with Crippen molar-refractivity contribution in [1.82, 2.24) is 20.2 Å². The third-order valence-electron chi connectivity index (χ3n) is 3.92. The molecule has 0 spiro atoms. The Balaban J connectivity index is 1.77. The first-order valence-corrected chi connectivity index (χ1v) is 7.78. The molecule has 1 amide bonds. The van der Waals surface area contributed by atoms with E-state index in [1.807, 2.05) is 18.2 Å². The van der Waals surface area contributed by atoms with E-state index in [-0.39, 0.29) is 11.4 Å². The highest BCUT2D eigenvalue weighted by molar-refractivity contribution is 6.04.